The van der Waals surface area contributed by atoms with E-state index >= 15 is 0 Å². The normalized spacial score (nSPS) is 9.89. The summed E-state index contributed by atoms with van der Waals surface area (Å²) in [6, 6.07) is 5.68. The summed E-state index contributed by atoms with van der Waals surface area (Å²) in [6.45, 7) is 2.79. The number of halogens is 1. The molecule has 0 aliphatic carbocycles. The molecule has 1 aromatic rings. The second-order valence-corrected chi connectivity index (χ2v) is 4.92. The molecule has 4 heteroatoms. The number of unbranched alkanes of at least 4 members (excludes halogenated alkanes) is 3. The number of nitrogens with zero attached hydrogens (tertiary/aromatic N) is 1. The van der Waals surface area contributed by atoms with Gasteiger partial charge in [-0.05, 0) is 18.6 Å². The average molecular weight is 312 g/mol. The second kappa shape index (κ2) is 7.99. The second-order valence-electron chi connectivity index (χ2n) is 4.01. The van der Waals surface area contributed by atoms with Gasteiger partial charge in [0.15, 0.2) is 11.5 Å². The molecule has 0 atom stereocenters. The molecule has 3 nitrogen and oxygen atoms in total. The number of rotatable bonds is 7. The van der Waals surface area contributed by atoms with Gasteiger partial charge in [0.1, 0.15) is 6.07 Å². The van der Waals surface area contributed by atoms with Crippen molar-refractivity contribution in [3.63, 3.8) is 0 Å². The Labute approximate surface area is 117 Å². The minimum Gasteiger partial charge on any atom is -0.493 e. The van der Waals surface area contributed by atoms with Crippen molar-refractivity contribution in [2.45, 2.75) is 32.6 Å². The van der Waals surface area contributed by atoms with E-state index in [9.17, 15) is 0 Å². The smallest absolute Gasteiger partial charge is 0.178 e. The third-order valence-electron chi connectivity index (χ3n) is 2.60. The molecule has 0 aromatic heterocycles. The van der Waals surface area contributed by atoms with E-state index in [1.54, 1.807) is 13.2 Å². The van der Waals surface area contributed by atoms with Gasteiger partial charge in [0, 0.05) is 4.47 Å². The van der Waals surface area contributed by atoms with Crippen molar-refractivity contribution in [3.8, 4) is 17.6 Å². The van der Waals surface area contributed by atoms with Crippen LogP contribution in [0, 0.1) is 11.3 Å². The first-order valence-corrected chi connectivity index (χ1v) is 6.92. The molecule has 18 heavy (non-hydrogen) atoms. The average Bonchev–Trinajstić information content (AvgIpc) is 2.39. The van der Waals surface area contributed by atoms with E-state index in [1.165, 1.54) is 12.8 Å². The first-order valence-electron chi connectivity index (χ1n) is 6.13. The number of hydrogen-bond donors (Lipinski definition) is 0. The third-order valence-corrected chi connectivity index (χ3v) is 3.06. The monoisotopic (exact) mass is 311 g/mol. The van der Waals surface area contributed by atoms with Crippen molar-refractivity contribution in [2.24, 2.45) is 0 Å². The van der Waals surface area contributed by atoms with Gasteiger partial charge in [-0.2, -0.15) is 5.26 Å². The summed E-state index contributed by atoms with van der Waals surface area (Å²) in [4.78, 5) is 0. The Balaban J connectivity index is 2.71. The van der Waals surface area contributed by atoms with Gasteiger partial charge >= 0.3 is 0 Å². The number of ether oxygens (including phenoxy) is 2. The lowest BCUT2D eigenvalue weighted by molar-refractivity contribution is 0.284. The lowest BCUT2D eigenvalue weighted by Crippen LogP contribution is -2.01. The van der Waals surface area contributed by atoms with Crippen LogP contribution in [0.3, 0.4) is 0 Å². The number of methoxy groups -OCH3 is 1. The fourth-order valence-electron chi connectivity index (χ4n) is 1.66. The lowest BCUT2D eigenvalue weighted by atomic mass is 10.2. The van der Waals surface area contributed by atoms with Gasteiger partial charge in [-0.15, -0.1) is 0 Å². The molecule has 0 bridgehead atoms. The summed E-state index contributed by atoms with van der Waals surface area (Å²) in [5.74, 6) is 1.14. The van der Waals surface area contributed by atoms with Gasteiger partial charge in [0.2, 0.25) is 0 Å². The van der Waals surface area contributed by atoms with Gasteiger partial charge in [0.05, 0.1) is 19.3 Å². The minimum atomic E-state index is 0.497. The molecule has 0 spiro atoms. The zero-order valence-corrected chi connectivity index (χ0v) is 12.4. The molecule has 0 N–H and O–H groups in total. The Morgan fingerprint density at radius 3 is 2.67 bits per heavy atom. The Bertz CT molecular complexity index is 427. The van der Waals surface area contributed by atoms with Crippen LogP contribution in [0.1, 0.15) is 38.2 Å². The topological polar surface area (TPSA) is 42.2 Å². The van der Waals surface area contributed by atoms with Crippen molar-refractivity contribution in [1.82, 2.24) is 0 Å². The molecule has 0 aliphatic rings. The minimum absolute atomic E-state index is 0.497. The third kappa shape index (κ3) is 4.23. The number of nitriles is 1. The quantitative estimate of drug-likeness (QED) is 0.705. The summed E-state index contributed by atoms with van der Waals surface area (Å²) >= 11 is 3.34. The van der Waals surface area contributed by atoms with E-state index < -0.39 is 0 Å². The zero-order valence-electron chi connectivity index (χ0n) is 10.8. The van der Waals surface area contributed by atoms with Gasteiger partial charge in [-0.25, -0.2) is 0 Å². The van der Waals surface area contributed by atoms with Crippen LogP contribution < -0.4 is 9.47 Å². The van der Waals surface area contributed by atoms with Gasteiger partial charge < -0.3 is 9.47 Å². The van der Waals surface area contributed by atoms with Crippen molar-refractivity contribution in [2.75, 3.05) is 13.7 Å². The van der Waals surface area contributed by atoms with E-state index in [1.807, 2.05) is 6.07 Å². The van der Waals surface area contributed by atoms with Gasteiger partial charge in [-0.1, -0.05) is 42.1 Å². The van der Waals surface area contributed by atoms with Crippen LogP contribution in [-0.4, -0.2) is 13.7 Å². The van der Waals surface area contributed by atoms with Crippen LogP contribution in [0.5, 0.6) is 11.5 Å². The highest BCUT2D eigenvalue weighted by Gasteiger charge is 2.12. The maximum Gasteiger partial charge on any atom is 0.178 e. The molecule has 1 aromatic carbocycles. The lowest BCUT2D eigenvalue weighted by Gasteiger charge is -2.12. The fourth-order valence-corrected chi connectivity index (χ4v) is 2.09. The number of benzene rings is 1. The van der Waals surface area contributed by atoms with Crippen LogP contribution in [-0.2, 0) is 0 Å². The summed E-state index contributed by atoms with van der Waals surface area (Å²) in [7, 11) is 1.58. The molecular weight excluding hydrogens is 294 g/mol. The highest BCUT2D eigenvalue weighted by molar-refractivity contribution is 9.10. The van der Waals surface area contributed by atoms with Crippen LogP contribution >= 0.6 is 15.9 Å². The van der Waals surface area contributed by atoms with Crippen LogP contribution in [0.15, 0.2) is 16.6 Å². The van der Waals surface area contributed by atoms with Crippen molar-refractivity contribution < 1.29 is 9.47 Å². The highest BCUT2D eigenvalue weighted by atomic mass is 79.9. The van der Waals surface area contributed by atoms with Gasteiger partial charge in [-0.3, -0.25) is 0 Å². The van der Waals surface area contributed by atoms with Crippen LogP contribution in [0.4, 0.5) is 0 Å². The Morgan fingerprint density at radius 1 is 1.28 bits per heavy atom. The summed E-state index contributed by atoms with van der Waals surface area (Å²) in [5.41, 5.74) is 0.497. The molecule has 0 saturated carbocycles. The van der Waals surface area contributed by atoms with E-state index in [4.69, 9.17) is 14.7 Å². The molecule has 98 valence electrons. The van der Waals surface area contributed by atoms with E-state index in [0.717, 1.165) is 17.3 Å². The molecule has 0 radical (unpaired) electrons. The first-order chi connectivity index (χ1) is 8.72. The summed E-state index contributed by atoms with van der Waals surface area (Å²) in [6.07, 6.45) is 4.56. The molecular formula is C14H18BrNO2. The molecule has 0 saturated heterocycles. The standard InChI is InChI=1S/C14H18BrNO2/c1-3-4-5-6-7-18-14-11(10-16)8-12(15)9-13(14)17-2/h8-9H,3-7H2,1-2H3. The zero-order chi connectivity index (χ0) is 13.4. The van der Waals surface area contributed by atoms with Crippen LogP contribution in [0.25, 0.3) is 0 Å². The summed E-state index contributed by atoms with van der Waals surface area (Å²) < 4.78 is 11.7. The Kier molecular flexibility index (Phi) is 6.59. The maximum atomic E-state index is 9.10. The molecule has 1 rings (SSSR count). The van der Waals surface area contributed by atoms with Crippen LogP contribution in [0.2, 0.25) is 0 Å². The number of hydrogen-bond acceptors (Lipinski definition) is 3. The van der Waals surface area contributed by atoms with Crippen molar-refractivity contribution >= 4 is 15.9 Å². The molecule has 0 fully saturated rings. The first kappa shape index (κ1) is 14.8. The SMILES string of the molecule is CCCCCCOc1c(C#N)cc(Br)cc1OC. The molecule has 0 heterocycles. The predicted molar refractivity (Wildman–Crippen MR) is 75.0 cm³/mol. The molecule has 0 unspecified atom stereocenters. The van der Waals surface area contributed by atoms with Crippen molar-refractivity contribution in [1.29, 1.82) is 5.26 Å². The van der Waals surface area contributed by atoms with Crippen molar-refractivity contribution in [3.05, 3.63) is 22.2 Å². The molecule has 0 aliphatic heterocycles. The highest BCUT2D eigenvalue weighted by Crippen LogP contribution is 2.34. The summed E-state index contributed by atoms with van der Waals surface area (Å²) in [5, 5.41) is 9.10. The largest absolute Gasteiger partial charge is 0.493 e. The van der Waals surface area contributed by atoms with E-state index in [2.05, 4.69) is 28.9 Å². The van der Waals surface area contributed by atoms with E-state index in [-0.39, 0.29) is 0 Å². The Morgan fingerprint density at radius 2 is 2.06 bits per heavy atom. The Hall–Kier alpha value is -1.21. The van der Waals surface area contributed by atoms with Gasteiger partial charge in [0.25, 0.3) is 0 Å². The van der Waals surface area contributed by atoms with E-state index in [0.29, 0.717) is 23.7 Å². The molecule has 0 amide bonds. The predicted octanol–water partition coefficient (Wildman–Crippen LogP) is 4.29. The maximum absolute atomic E-state index is 9.10. The fraction of sp³-hybridized carbons (Fsp3) is 0.500.